The van der Waals surface area contributed by atoms with Gasteiger partial charge in [-0.1, -0.05) is 35.9 Å². The van der Waals surface area contributed by atoms with Crippen LogP contribution in [0.3, 0.4) is 0 Å². The number of hydrogen-bond donors (Lipinski definition) is 2. The van der Waals surface area contributed by atoms with Crippen molar-refractivity contribution in [2.45, 2.75) is 31.8 Å². The first kappa shape index (κ1) is 17.8. The standard InChI is InChI=1S/C20H21ClO4/c1-20(2,19(23)24)14-5-8-16-17(10-14)25-11-13(18(16)22)9-12-3-6-15(21)7-4-12/h3-8,10,13,18,22H,9,11H2,1-2H3,(H,23,24)/t13-,18+/m0/s1. The number of fused-ring (bicyclic) bond motifs is 1. The number of benzene rings is 2. The maximum atomic E-state index is 11.4. The third-order valence-corrected chi connectivity index (χ3v) is 5.15. The molecule has 2 N–H and O–H groups in total. The van der Waals surface area contributed by atoms with Crippen molar-refractivity contribution in [3.05, 3.63) is 64.2 Å². The van der Waals surface area contributed by atoms with Crippen molar-refractivity contribution in [2.75, 3.05) is 6.61 Å². The van der Waals surface area contributed by atoms with Crippen molar-refractivity contribution in [3.63, 3.8) is 0 Å². The summed E-state index contributed by atoms with van der Waals surface area (Å²) in [5, 5.41) is 20.8. The summed E-state index contributed by atoms with van der Waals surface area (Å²) in [6.45, 7) is 3.69. The summed E-state index contributed by atoms with van der Waals surface area (Å²) in [6.07, 6.45) is 0.0292. The SMILES string of the molecule is CC(C)(C(=O)O)c1ccc2c(c1)OC[C@H](Cc1ccc(Cl)cc1)[C@H]2O. The quantitative estimate of drug-likeness (QED) is 0.865. The molecule has 0 saturated heterocycles. The smallest absolute Gasteiger partial charge is 0.313 e. The number of carboxylic acid groups (broad SMARTS) is 1. The molecule has 5 heteroatoms. The Morgan fingerprint density at radius 2 is 1.92 bits per heavy atom. The zero-order chi connectivity index (χ0) is 18.2. The molecule has 1 heterocycles. The number of rotatable bonds is 4. The minimum Gasteiger partial charge on any atom is -0.493 e. The third-order valence-electron chi connectivity index (χ3n) is 4.90. The van der Waals surface area contributed by atoms with E-state index in [0.717, 1.165) is 5.56 Å². The Morgan fingerprint density at radius 3 is 2.56 bits per heavy atom. The lowest BCUT2D eigenvalue weighted by atomic mass is 9.82. The number of halogens is 1. The Labute approximate surface area is 152 Å². The van der Waals surface area contributed by atoms with Gasteiger partial charge >= 0.3 is 5.97 Å². The average Bonchev–Trinajstić information content (AvgIpc) is 2.59. The van der Waals surface area contributed by atoms with E-state index in [0.29, 0.717) is 34.9 Å². The second-order valence-corrected chi connectivity index (χ2v) is 7.47. The summed E-state index contributed by atoms with van der Waals surface area (Å²) in [4.78, 5) is 11.4. The van der Waals surface area contributed by atoms with Gasteiger partial charge in [0.05, 0.1) is 18.1 Å². The zero-order valence-electron chi connectivity index (χ0n) is 14.2. The van der Waals surface area contributed by atoms with E-state index in [9.17, 15) is 15.0 Å². The Balaban J connectivity index is 1.82. The highest BCUT2D eigenvalue weighted by Crippen LogP contribution is 2.39. The third kappa shape index (κ3) is 3.51. The van der Waals surface area contributed by atoms with Gasteiger partial charge in [-0.25, -0.2) is 0 Å². The molecule has 2 aromatic rings. The molecule has 4 nitrogen and oxygen atoms in total. The summed E-state index contributed by atoms with van der Waals surface area (Å²) in [5.74, 6) is -0.400. The molecular weight excluding hydrogens is 340 g/mol. The van der Waals surface area contributed by atoms with E-state index in [2.05, 4.69) is 0 Å². The van der Waals surface area contributed by atoms with Gasteiger partial charge in [0.25, 0.3) is 0 Å². The number of hydrogen-bond acceptors (Lipinski definition) is 3. The molecule has 0 fully saturated rings. The van der Waals surface area contributed by atoms with Gasteiger partial charge in [0.15, 0.2) is 0 Å². The fourth-order valence-electron chi connectivity index (χ4n) is 3.05. The van der Waals surface area contributed by atoms with Crippen molar-refractivity contribution >= 4 is 17.6 Å². The fraction of sp³-hybridized carbons (Fsp3) is 0.350. The summed E-state index contributed by atoms with van der Waals surface area (Å²) in [7, 11) is 0. The number of aliphatic hydroxyl groups excluding tert-OH is 1. The van der Waals surface area contributed by atoms with Crippen LogP contribution in [0.15, 0.2) is 42.5 Å². The molecule has 2 aromatic carbocycles. The van der Waals surface area contributed by atoms with Crippen LogP contribution < -0.4 is 4.74 Å². The van der Waals surface area contributed by atoms with E-state index >= 15 is 0 Å². The van der Waals surface area contributed by atoms with Crippen LogP contribution in [-0.2, 0) is 16.6 Å². The monoisotopic (exact) mass is 360 g/mol. The molecule has 132 valence electrons. The van der Waals surface area contributed by atoms with E-state index in [1.807, 2.05) is 24.3 Å². The van der Waals surface area contributed by atoms with E-state index in [1.54, 1.807) is 32.0 Å². The normalized spacial score (nSPS) is 19.8. The van der Waals surface area contributed by atoms with Gasteiger partial charge in [-0.15, -0.1) is 0 Å². The van der Waals surface area contributed by atoms with Gasteiger partial charge < -0.3 is 14.9 Å². The van der Waals surface area contributed by atoms with Crippen LogP contribution in [0.25, 0.3) is 0 Å². The first-order valence-corrected chi connectivity index (χ1v) is 8.60. The predicted molar refractivity (Wildman–Crippen MR) is 96.2 cm³/mol. The minimum atomic E-state index is -1.01. The van der Waals surface area contributed by atoms with Crippen molar-refractivity contribution in [1.82, 2.24) is 0 Å². The van der Waals surface area contributed by atoms with Crippen LogP contribution >= 0.6 is 11.6 Å². The van der Waals surface area contributed by atoms with E-state index in [1.165, 1.54) is 0 Å². The van der Waals surface area contributed by atoms with Gasteiger partial charge in [0.1, 0.15) is 5.75 Å². The summed E-state index contributed by atoms with van der Waals surface area (Å²) < 4.78 is 5.84. The summed E-state index contributed by atoms with van der Waals surface area (Å²) in [6, 6.07) is 12.8. The van der Waals surface area contributed by atoms with Crippen molar-refractivity contribution in [3.8, 4) is 5.75 Å². The number of ether oxygens (including phenoxy) is 1. The molecule has 0 spiro atoms. The number of carbonyl (C=O) groups is 1. The van der Waals surface area contributed by atoms with Crippen LogP contribution in [0, 0.1) is 5.92 Å². The Hall–Kier alpha value is -2.04. The minimum absolute atomic E-state index is 0.0630. The first-order valence-electron chi connectivity index (χ1n) is 8.22. The molecule has 2 atom stereocenters. The van der Waals surface area contributed by atoms with E-state index in [-0.39, 0.29) is 5.92 Å². The second kappa shape index (κ2) is 6.70. The molecule has 0 saturated carbocycles. The number of carboxylic acids is 1. The predicted octanol–water partition coefficient (Wildman–Crippen LogP) is 3.99. The molecule has 0 aliphatic carbocycles. The molecule has 0 unspecified atom stereocenters. The Kier molecular flexibility index (Phi) is 4.76. The van der Waals surface area contributed by atoms with Crippen molar-refractivity contribution < 1.29 is 19.7 Å². The highest BCUT2D eigenvalue weighted by atomic mass is 35.5. The van der Waals surface area contributed by atoms with Crippen LogP contribution in [0.5, 0.6) is 5.75 Å². The molecule has 0 bridgehead atoms. The zero-order valence-corrected chi connectivity index (χ0v) is 15.0. The lowest BCUT2D eigenvalue weighted by Gasteiger charge is -2.32. The molecule has 1 aliphatic heterocycles. The lowest BCUT2D eigenvalue weighted by Crippen LogP contribution is -2.30. The van der Waals surface area contributed by atoms with Crippen LogP contribution in [0.2, 0.25) is 5.02 Å². The van der Waals surface area contributed by atoms with Gasteiger partial charge in [0, 0.05) is 16.5 Å². The topological polar surface area (TPSA) is 66.8 Å². The molecular formula is C20H21ClO4. The number of aliphatic hydroxyl groups is 1. The molecule has 0 amide bonds. The molecule has 3 rings (SSSR count). The Morgan fingerprint density at radius 1 is 1.24 bits per heavy atom. The second-order valence-electron chi connectivity index (χ2n) is 7.03. The maximum absolute atomic E-state index is 11.4. The summed E-state index contributed by atoms with van der Waals surface area (Å²) >= 11 is 5.91. The van der Waals surface area contributed by atoms with Crippen LogP contribution in [0.4, 0.5) is 0 Å². The van der Waals surface area contributed by atoms with Crippen LogP contribution in [-0.4, -0.2) is 22.8 Å². The number of aliphatic carboxylic acids is 1. The average molecular weight is 361 g/mol. The van der Waals surface area contributed by atoms with Gasteiger partial charge in [-0.2, -0.15) is 0 Å². The van der Waals surface area contributed by atoms with Gasteiger partial charge in [-0.05, 0) is 49.6 Å². The van der Waals surface area contributed by atoms with Crippen LogP contribution in [0.1, 0.15) is 36.6 Å². The highest BCUT2D eigenvalue weighted by Gasteiger charge is 2.34. The first-order chi connectivity index (χ1) is 11.8. The fourth-order valence-corrected chi connectivity index (χ4v) is 3.18. The molecule has 1 aliphatic rings. The van der Waals surface area contributed by atoms with Crippen molar-refractivity contribution in [1.29, 1.82) is 0 Å². The van der Waals surface area contributed by atoms with Gasteiger partial charge in [-0.3, -0.25) is 4.79 Å². The highest BCUT2D eigenvalue weighted by molar-refractivity contribution is 6.30. The maximum Gasteiger partial charge on any atom is 0.313 e. The Bertz CT molecular complexity index is 783. The van der Waals surface area contributed by atoms with E-state index in [4.69, 9.17) is 16.3 Å². The van der Waals surface area contributed by atoms with Crippen molar-refractivity contribution in [2.24, 2.45) is 5.92 Å². The van der Waals surface area contributed by atoms with Gasteiger partial charge in [0.2, 0.25) is 0 Å². The largest absolute Gasteiger partial charge is 0.493 e. The lowest BCUT2D eigenvalue weighted by molar-refractivity contribution is -0.142. The summed E-state index contributed by atoms with van der Waals surface area (Å²) in [5.41, 5.74) is 1.44. The van der Waals surface area contributed by atoms with E-state index < -0.39 is 17.5 Å². The molecule has 0 radical (unpaired) electrons. The molecule has 0 aromatic heterocycles. The molecule has 25 heavy (non-hydrogen) atoms.